The molecule has 6 saturated carbocycles. The summed E-state index contributed by atoms with van der Waals surface area (Å²) in [5.74, 6) is 3.15. The highest BCUT2D eigenvalue weighted by Gasteiger charge is 2.80. The number of carbonyl (C=O) groups excluding carboxylic acids is 2. The predicted molar refractivity (Wildman–Crippen MR) is 178 cm³/mol. The second kappa shape index (κ2) is 11.1. The molecular formula is C39H63NO7. The summed E-state index contributed by atoms with van der Waals surface area (Å²) in [5.41, 5.74) is 0.103. The SMILES string of the molecule is CC(=O)O[C@@H](C1CCC2C(CC3C4CCC5C(C)(C)[C@@H](OC6CN(C(=O)CC7CC7)CCO6)CCC56CC46CCC23C)O1)C(C)(C)O.[HH]. The fourth-order valence-electron chi connectivity index (χ4n) is 13.4. The Morgan fingerprint density at radius 3 is 2.47 bits per heavy atom. The fourth-order valence-corrected chi connectivity index (χ4v) is 13.4. The third-order valence-corrected chi connectivity index (χ3v) is 15.7. The van der Waals surface area contributed by atoms with E-state index in [1.165, 1.54) is 58.3 Å². The molecule has 0 aromatic heterocycles. The summed E-state index contributed by atoms with van der Waals surface area (Å²) >= 11 is 0. The third kappa shape index (κ3) is 5.18. The summed E-state index contributed by atoms with van der Waals surface area (Å²) in [6.45, 7) is 14.2. The van der Waals surface area contributed by atoms with Crippen LogP contribution >= 0.6 is 0 Å². The van der Waals surface area contributed by atoms with Gasteiger partial charge in [-0.3, -0.25) is 9.59 Å². The molecule has 6 aliphatic carbocycles. The van der Waals surface area contributed by atoms with Crippen LogP contribution in [0.2, 0.25) is 0 Å². The van der Waals surface area contributed by atoms with Crippen LogP contribution in [0.3, 0.4) is 0 Å². The lowest BCUT2D eigenvalue weighted by Crippen LogP contribution is -2.56. The van der Waals surface area contributed by atoms with E-state index in [2.05, 4.69) is 20.8 Å². The van der Waals surface area contributed by atoms with Crippen molar-refractivity contribution in [3.63, 3.8) is 0 Å². The van der Waals surface area contributed by atoms with Gasteiger partial charge in [-0.1, -0.05) is 20.8 Å². The molecule has 0 radical (unpaired) electrons. The molecule has 266 valence electrons. The highest BCUT2D eigenvalue weighted by molar-refractivity contribution is 5.76. The molecule has 8 rings (SSSR count). The van der Waals surface area contributed by atoms with Crippen LogP contribution < -0.4 is 0 Å². The van der Waals surface area contributed by atoms with E-state index in [1.807, 2.05) is 4.90 Å². The summed E-state index contributed by atoms with van der Waals surface area (Å²) in [7, 11) is 0. The van der Waals surface area contributed by atoms with Crippen molar-refractivity contribution in [3.8, 4) is 0 Å². The quantitative estimate of drug-likeness (QED) is 0.312. The third-order valence-electron chi connectivity index (χ3n) is 15.7. The maximum atomic E-state index is 12.9. The van der Waals surface area contributed by atoms with Crippen molar-refractivity contribution >= 4 is 11.9 Å². The molecule has 1 amide bonds. The lowest BCUT2D eigenvalue weighted by atomic mass is 9.46. The standard InChI is InChI=1S/C39H61NO7.H2/c1-23(41)45-34(36(4,5)43)28-11-9-26-29(46-28)20-27-25-10-12-30-35(2,3)31(13-14-39(30)22-38(25,39)16-15-37(26,27)6)47-33-21-40(17-18-44-33)32(42)19-24-7-8-24;/h24-31,33-34,43H,7-22H2,1-6H3;1H/t25?,26?,27?,28?,29?,30?,31-,33?,34-,37?,38?,39?;/m0./s1. The normalized spacial score (nSPS) is 47.4. The molecule has 0 aromatic rings. The number of morpholine rings is 1. The van der Waals surface area contributed by atoms with Gasteiger partial charge in [0.15, 0.2) is 12.4 Å². The number of rotatable bonds is 7. The van der Waals surface area contributed by atoms with Crippen molar-refractivity contribution in [2.45, 2.75) is 161 Å². The molecule has 2 saturated heterocycles. The Labute approximate surface area is 283 Å². The molecule has 8 nitrogen and oxygen atoms in total. The van der Waals surface area contributed by atoms with Gasteiger partial charge in [0.2, 0.25) is 5.91 Å². The van der Waals surface area contributed by atoms with Crippen LogP contribution in [0.5, 0.6) is 0 Å². The highest BCUT2D eigenvalue weighted by atomic mass is 16.7. The second-order valence-corrected chi connectivity index (χ2v) is 18.9. The zero-order valence-electron chi connectivity index (χ0n) is 29.9. The van der Waals surface area contributed by atoms with Crippen LogP contribution in [0.15, 0.2) is 0 Å². The first-order valence-electron chi connectivity index (χ1n) is 19.3. The number of amides is 1. The number of hydrogen-bond donors (Lipinski definition) is 1. The van der Waals surface area contributed by atoms with Gasteiger partial charge in [-0.2, -0.15) is 0 Å². The number of hydrogen-bond acceptors (Lipinski definition) is 7. The van der Waals surface area contributed by atoms with Crippen LogP contribution in [-0.4, -0.2) is 77.9 Å². The zero-order chi connectivity index (χ0) is 33.1. The van der Waals surface area contributed by atoms with Crippen molar-refractivity contribution < 1.29 is 35.1 Å². The summed E-state index contributed by atoms with van der Waals surface area (Å²) in [6, 6.07) is 0. The lowest BCUT2D eigenvalue weighted by Gasteiger charge is -2.60. The molecule has 10 unspecified atom stereocenters. The van der Waals surface area contributed by atoms with E-state index < -0.39 is 11.7 Å². The van der Waals surface area contributed by atoms with Gasteiger partial charge < -0.3 is 29.0 Å². The number of carbonyl (C=O) groups is 2. The predicted octanol–water partition coefficient (Wildman–Crippen LogP) is 6.51. The van der Waals surface area contributed by atoms with E-state index in [0.29, 0.717) is 66.0 Å². The van der Waals surface area contributed by atoms with E-state index in [-0.39, 0.29) is 43.3 Å². The average molecular weight is 658 g/mol. The number of ether oxygens (including phenoxy) is 4. The Morgan fingerprint density at radius 1 is 0.979 bits per heavy atom. The van der Waals surface area contributed by atoms with E-state index in [4.69, 9.17) is 18.9 Å². The Morgan fingerprint density at radius 2 is 1.74 bits per heavy atom. The Hall–Kier alpha value is -1.22. The molecule has 0 bridgehead atoms. The van der Waals surface area contributed by atoms with Crippen molar-refractivity contribution in [1.29, 1.82) is 0 Å². The lowest BCUT2D eigenvalue weighted by molar-refractivity contribution is -0.244. The molecule has 8 heteroatoms. The Kier molecular flexibility index (Phi) is 7.81. The molecule has 2 heterocycles. The van der Waals surface area contributed by atoms with Gasteiger partial charge in [-0.25, -0.2) is 0 Å². The summed E-state index contributed by atoms with van der Waals surface area (Å²) in [6.07, 6.45) is 14.2. The minimum atomic E-state index is -1.15. The molecule has 1 N–H and O–H groups in total. The molecule has 2 spiro atoms. The largest absolute Gasteiger partial charge is 0.457 e. The van der Waals surface area contributed by atoms with Gasteiger partial charge >= 0.3 is 5.97 Å². The molecule has 8 aliphatic rings. The van der Waals surface area contributed by atoms with E-state index in [0.717, 1.165) is 31.6 Å². The number of aliphatic hydroxyl groups is 1. The molecule has 12 atom stereocenters. The smallest absolute Gasteiger partial charge is 0.303 e. The first-order chi connectivity index (χ1) is 22.2. The Balaban J connectivity index is 0.00000364. The van der Waals surface area contributed by atoms with Crippen LogP contribution in [0.1, 0.15) is 126 Å². The van der Waals surface area contributed by atoms with Crippen molar-refractivity contribution in [2.75, 3.05) is 19.7 Å². The monoisotopic (exact) mass is 657 g/mol. The highest BCUT2D eigenvalue weighted by Crippen LogP contribution is 2.87. The Bertz CT molecular complexity index is 1270. The van der Waals surface area contributed by atoms with E-state index in [1.54, 1.807) is 13.8 Å². The molecule has 47 heavy (non-hydrogen) atoms. The van der Waals surface area contributed by atoms with Crippen LogP contribution in [-0.2, 0) is 28.5 Å². The number of esters is 1. The van der Waals surface area contributed by atoms with Gasteiger partial charge in [-0.15, -0.1) is 0 Å². The van der Waals surface area contributed by atoms with Gasteiger partial charge in [-0.05, 0) is 142 Å². The molecular weight excluding hydrogens is 594 g/mol. The molecule has 2 aliphatic heterocycles. The van der Waals surface area contributed by atoms with E-state index in [9.17, 15) is 14.7 Å². The second-order valence-electron chi connectivity index (χ2n) is 18.9. The van der Waals surface area contributed by atoms with Gasteiger partial charge in [0.25, 0.3) is 0 Å². The van der Waals surface area contributed by atoms with Gasteiger partial charge in [0, 0.05) is 21.3 Å². The number of nitrogens with zero attached hydrogens (tertiary/aromatic N) is 1. The van der Waals surface area contributed by atoms with Gasteiger partial charge in [0.1, 0.15) is 0 Å². The van der Waals surface area contributed by atoms with E-state index >= 15 is 0 Å². The minimum Gasteiger partial charge on any atom is -0.457 e. The van der Waals surface area contributed by atoms with Crippen molar-refractivity contribution in [2.24, 2.45) is 51.2 Å². The summed E-state index contributed by atoms with van der Waals surface area (Å²) in [5, 5.41) is 10.9. The molecule has 8 fully saturated rings. The summed E-state index contributed by atoms with van der Waals surface area (Å²) < 4.78 is 25.5. The maximum Gasteiger partial charge on any atom is 0.303 e. The summed E-state index contributed by atoms with van der Waals surface area (Å²) in [4.78, 5) is 26.8. The zero-order valence-corrected chi connectivity index (χ0v) is 29.9. The molecule has 0 aromatic carbocycles. The maximum absolute atomic E-state index is 12.9. The van der Waals surface area contributed by atoms with Crippen LogP contribution in [0, 0.1) is 51.2 Å². The fraction of sp³-hybridized carbons (Fsp3) is 0.949. The van der Waals surface area contributed by atoms with Crippen LogP contribution in [0.4, 0.5) is 0 Å². The topological polar surface area (TPSA) is 94.5 Å². The van der Waals surface area contributed by atoms with Crippen molar-refractivity contribution in [1.82, 2.24) is 4.90 Å². The minimum absolute atomic E-state index is 0. The number of fused-ring (bicyclic) bond motifs is 4. The van der Waals surface area contributed by atoms with Crippen LogP contribution in [0.25, 0.3) is 0 Å². The van der Waals surface area contributed by atoms with Gasteiger partial charge in [0.05, 0.1) is 37.1 Å². The average Bonchev–Trinajstić information content (AvgIpc) is 3.92. The first kappa shape index (κ1) is 33.0. The first-order valence-corrected chi connectivity index (χ1v) is 19.3. The van der Waals surface area contributed by atoms with Crippen molar-refractivity contribution in [3.05, 3.63) is 0 Å².